The summed E-state index contributed by atoms with van der Waals surface area (Å²) in [5.74, 6) is -1.40. The van der Waals surface area contributed by atoms with Crippen molar-refractivity contribution in [2.24, 2.45) is 11.8 Å². The fourth-order valence-electron chi connectivity index (χ4n) is 6.80. The van der Waals surface area contributed by atoms with Crippen LogP contribution in [0.5, 0.6) is 5.75 Å². The number of aliphatic hydroxyl groups is 7. The van der Waals surface area contributed by atoms with E-state index in [9.17, 15) is 40.5 Å². The number of benzene rings is 1. The summed E-state index contributed by atoms with van der Waals surface area (Å²) in [7, 11) is 1.54. The van der Waals surface area contributed by atoms with E-state index in [-0.39, 0.29) is 0 Å². The molecule has 16 atom stereocenters. The van der Waals surface area contributed by atoms with Crippen molar-refractivity contribution in [2.75, 3.05) is 20.3 Å². The predicted molar refractivity (Wildman–Crippen MR) is 154 cm³/mol. The summed E-state index contributed by atoms with van der Waals surface area (Å²) in [5, 5.41) is 72.6. The molecule has 0 amide bonds. The maximum Gasteiger partial charge on any atom is 0.331 e. The van der Waals surface area contributed by atoms with Crippen LogP contribution in [-0.2, 0) is 38.0 Å². The van der Waals surface area contributed by atoms with Crippen molar-refractivity contribution in [1.82, 2.24) is 0 Å². The highest BCUT2D eigenvalue weighted by Gasteiger charge is 2.77. The van der Waals surface area contributed by atoms with E-state index in [0.29, 0.717) is 11.3 Å². The standard InChI is InChI=1S/C31H40O16/c1-13-25(44-18(34)8-5-14-3-6-15(40-2)7-4-14)22(37)24(39)29(42-13)45-26-16-9-10-41-28(19(16)31(12-33)27(26)47-31)46-30-23(38)21(36)20(35)17(11-32)43-30/h3-10,13,16-17,19-30,32-33,35-39H,11-12H2,1-2H3/t13-,16+,17+,19+,20+,21-,22-,23+,24+,25-,26-,27-,28-,29-,30-,31+/m0/s1. The van der Waals surface area contributed by atoms with Crippen molar-refractivity contribution < 1.29 is 78.4 Å². The lowest BCUT2D eigenvalue weighted by Gasteiger charge is -2.44. The Bertz CT molecular complexity index is 1300. The first-order valence-electron chi connectivity index (χ1n) is 15.3. The van der Waals surface area contributed by atoms with E-state index >= 15 is 0 Å². The number of epoxide rings is 1. The van der Waals surface area contributed by atoms with Crippen LogP contribution in [0.2, 0.25) is 0 Å². The minimum atomic E-state index is -1.69. The highest BCUT2D eigenvalue weighted by molar-refractivity contribution is 5.87. The van der Waals surface area contributed by atoms with E-state index in [1.165, 1.54) is 18.4 Å². The summed E-state index contributed by atoms with van der Waals surface area (Å²) in [6.45, 7) is 0.427. The summed E-state index contributed by atoms with van der Waals surface area (Å²) in [6.07, 6.45) is -11.4. The van der Waals surface area contributed by atoms with Crippen LogP contribution in [0, 0.1) is 11.8 Å². The molecule has 0 unspecified atom stereocenters. The average Bonchev–Trinajstić information content (AvgIpc) is 3.75. The minimum absolute atomic E-state index is 0.473. The van der Waals surface area contributed by atoms with Gasteiger partial charge in [-0.3, -0.25) is 0 Å². The van der Waals surface area contributed by atoms with Gasteiger partial charge in [0.05, 0.1) is 44.7 Å². The molecular formula is C31H40O16. The third-order valence-corrected chi connectivity index (χ3v) is 9.45. The Hall–Kier alpha value is -2.71. The van der Waals surface area contributed by atoms with Crippen LogP contribution in [-0.4, -0.2) is 148 Å². The van der Waals surface area contributed by atoms with Crippen LogP contribution >= 0.6 is 0 Å². The Labute approximate surface area is 269 Å². The summed E-state index contributed by atoms with van der Waals surface area (Å²) in [5.41, 5.74) is -0.499. The van der Waals surface area contributed by atoms with Gasteiger partial charge < -0.3 is 73.6 Å². The third-order valence-electron chi connectivity index (χ3n) is 9.45. The second kappa shape index (κ2) is 13.7. The molecule has 3 saturated heterocycles. The van der Waals surface area contributed by atoms with Gasteiger partial charge in [-0.25, -0.2) is 4.79 Å². The Morgan fingerprint density at radius 2 is 1.60 bits per heavy atom. The summed E-state index contributed by atoms with van der Waals surface area (Å²) in [6, 6.07) is 6.95. The largest absolute Gasteiger partial charge is 0.497 e. The molecule has 4 aliphatic heterocycles. The molecular weight excluding hydrogens is 628 g/mol. The number of carbonyl (C=O) groups excluding carboxylic acids is 1. The van der Waals surface area contributed by atoms with Gasteiger partial charge >= 0.3 is 5.97 Å². The maximum absolute atomic E-state index is 12.6. The van der Waals surface area contributed by atoms with E-state index in [1.807, 2.05) is 0 Å². The van der Waals surface area contributed by atoms with Gasteiger partial charge in [-0.05, 0) is 36.8 Å². The number of hydrogen-bond acceptors (Lipinski definition) is 16. The molecule has 260 valence electrons. The molecule has 0 bridgehead atoms. The molecule has 1 saturated carbocycles. The van der Waals surface area contributed by atoms with Crippen molar-refractivity contribution in [2.45, 2.75) is 92.4 Å². The molecule has 5 aliphatic rings. The Balaban J connectivity index is 1.10. The van der Waals surface area contributed by atoms with Crippen molar-refractivity contribution in [3.8, 4) is 5.75 Å². The van der Waals surface area contributed by atoms with Gasteiger partial charge in [0.25, 0.3) is 0 Å². The molecule has 4 fully saturated rings. The number of ether oxygens (including phenoxy) is 8. The zero-order valence-corrected chi connectivity index (χ0v) is 25.5. The summed E-state index contributed by atoms with van der Waals surface area (Å²) >= 11 is 0. The number of esters is 1. The second-order valence-corrected chi connectivity index (χ2v) is 12.2. The van der Waals surface area contributed by atoms with Crippen LogP contribution in [0.25, 0.3) is 6.08 Å². The van der Waals surface area contributed by atoms with Crippen LogP contribution in [0.15, 0.2) is 42.7 Å². The average molecular weight is 669 g/mol. The molecule has 0 aromatic heterocycles. The molecule has 1 aromatic rings. The molecule has 1 aromatic carbocycles. The van der Waals surface area contributed by atoms with Crippen molar-refractivity contribution in [3.63, 3.8) is 0 Å². The van der Waals surface area contributed by atoms with Crippen LogP contribution < -0.4 is 4.74 Å². The monoisotopic (exact) mass is 668 g/mol. The molecule has 7 N–H and O–H groups in total. The smallest absolute Gasteiger partial charge is 0.331 e. The SMILES string of the molecule is COc1ccc(C=CC(=O)O[C@@H]2[C@@H](O)[C@@H](O)[C@H](O[C@H]3[C@@H]4C=CO[C@@H](O[C@@H]5O[C@H](CO)[C@@H](O)[C@H](O)[C@H]5O)[C@@H]4[C@@]4(CO)O[C@@H]34)O[C@H]2C)cc1. The molecule has 16 heteroatoms. The van der Waals surface area contributed by atoms with E-state index in [0.717, 1.165) is 0 Å². The van der Waals surface area contributed by atoms with Gasteiger partial charge in [0, 0.05) is 12.0 Å². The topological polar surface area (TPSA) is 236 Å². The van der Waals surface area contributed by atoms with Crippen LogP contribution in [0.3, 0.4) is 0 Å². The highest BCUT2D eigenvalue weighted by Crippen LogP contribution is 2.61. The number of methoxy groups -OCH3 is 1. The first kappa shape index (κ1) is 34.2. The highest BCUT2D eigenvalue weighted by atomic mass is 16.8. The van der Waals surface area contributed by atoms with Crippen molar-refractivity contribution >= 4 is 12.0 Å². The lowest BCUT2D eigenvalue weighted by Crippen LogP contribution is -2.60. The molecule has 0 spiro atoms. The fraction of sp³-hybridized carbons (Fsp3) is 0.645. The number of carbonyl (C=O) groups is 1. The Morgan fingerprint density at radius 3 is 2.28 bits per heavy atom. The van der Waals surface area contributed by atoms with Gasteiger partial charge in [0.2, 0.25) is 6.29 Å². The van der Waals surface area contributed by atoms with Gasteiger partial charge in [-0.15, -0.1) is 0 Å². The van der Waals surface area contributed by atoms with Gasteiger partial charge in [-0.1, -0.05) is 12.1 Å². The third kappa shape index (κ3) is 6.29. The minimum Gasteiger partial charge on any atom is -0.497 e. The Morgan fingerprint density at radius 1 is 0.894 bits per heavy atom. The molecule has 16 nitrogen and oxygen atoms in total. The van der Waals surface area contributed by atoms with Crippen molar-refractivity contribution in [1.29, 1.82) is 0 Å². The second-order valence-electron chi connectivity index (χ2n) is 12.2. The quantitative estimate of drug-likeness (QED) is 0.0777. The Kier molecular flexibility index (Phi) is 9.93. The normalized spacial score (nSPS) is 45.6. The first-order valence-corrected chi connectivity index (χ1v) is 15.3. The molecule has 47 heavy (non-hydrogen) atoms. The van der Waals surface area contributed by atoms with Crippen LogP contribution in [0.4, 0.5) is 0 Å². The van der Waals surface area contributed by atoms with Gasteiger partial charge in [0.1, 0.15) is 54.1 Å². The summed E-state index contributed by atoms with van der Waals surface area (Å²) in [4.78, 5) is 12.6. The van der Waals surface area contributed by atoms with E-state index in [4.69, 9.17) is 37.9 Å². The fourth-order valence-corrected chi connectivity index (χ4v) is 6.80. The molecule has 1 aliphatic carbocycles. The zero-order chi connectivity index (χ0) is 33.6. The van der Waals surface area contributed by atoms with Gasteiger partial charge in [-0.2, -0.15) is 0 Å². The number of hydrogen-bond donors (Lipinski definition) is 7. The number of fused-ring (bicyclic) bond motifs is 3. The lowest BCUT2D eigenvalue weighted by atomic mass is 9.85. The number of rotatable bonds is 10. The molecule has 6 rings (SSSR count). The van der Waals surface area contributed by atoms with Gasteiger partial charge in [0.15, 0.2) is 18.7 Å². The molecule has 4 heterocycles. The van der Waals surface area contributed by atoms with E-state index in [2.05, 4.69) is 0 Å². The van der Waals surface area contributed by atoms with E-state index < -0.39 is 117 Å². The summed E-state index contributed by atoms with van der Waals surface area (Å²) < 4.78 is 45.5. The first-order chi connectivity index (χ1) is 22.5. The van der Waals surface area contributed by atoms with Crippen molar-refractivity contribution in [3.05, 3.63) is 48.2 Å². The van der Waals surface area contributed by atoms with E-state index in [1.54, 1.807) is 44.4 Å². The van der Waals surface area contributed by atoms with Crippen LogP contribution in [0.1, 0.15) is 12.5 Å². The zero-order valence-electron chi connectivity index (χ0n) is 25.5. The lowest BCUT2D eigenvalue weighted by molar-refractivity contribution is -0.347. The predicted octanol–water partition coefficient (Wildman–Crippen LogP) is -2.47. The molecule has 0 radical (unpaired) electrons. The number of aliphatic hydroxyl groups excluding tert-OH is 7. The maximum atomic E-state index is 12.6.